The maximum atomic E-state index is 13.0. The van der Waals surface area contributed by atoms with Gasteiger partial charge in [0.15, 0.2) is 0 Å². The molecule has 0 aliphatic carbocycles. The molecule has 0 radical (unpaired) electrons. The number of hydrogen-bond donors (Lipinski definition) is 1. The van der Waals surface area contributed by atoms with E-state index in [4.69, 9.17) is 16.3 Å². The molecule has 1 N–H and O–H groups in total. The second-order valence-corrected chi connectivity index (χ2v) is 8.72. The monoisotopic (exact) mass is 438 g/mol. The first-order valence-corrected chi connectivity index (χ1v) is 11.1. The highest BCUT2D eigenvalue weighted by Gasteiger charge is 2.32. The Morgan fingerprint density at radius 1 is 1.21 bits per heavy atom. The van der Waals surface area contributed by atoms with E-state index in [1.807, 2.05) is 0 Å². The van der Waals surface area contributed by atoms with Gasteiger partial charge < -0.3 is 10.1 Å². The Labute approximate surface area is 175 Å². The van der Waals surface area contributed by atoms with E-state index < -0.39 is 27.9 Å². The van der Waals surface area contributed by atoms with Crippen molar-refractivity contribution in [1.29, 1.82) is 0 Å². The summed E-state index contributed by atoms with van der Waals surface area (Å²) in [5, 5.41) is 3.09. The maximum Gasteiger partial charge on any atom is 0.338 e. The molecular formula is C20H23ClN2O5S. The van der Waals surface area contributed by atoms with Gasteiger partial charge in [0.2, 0.25) is 15.9 Å². The van der Waals surface area contributed by atoms with Crippen molar-refractivity contribution in [3.05, 3.63) is 58.6 Å². The number of benzene rings is 2. The zero-order valence-electron chi connectivity index (χ0n) is 16.6. The van der Waals surface area contributed by atoms with Gasteiger partial charge in [0.1, 0.15) is 6.04 Å². The van der Waals surface area contributed by atoms with Crippen LogP contribution >= 0.6 is 11.6 Å². The van der Waals surface area contributed by atoms with E-state index in [2.05, 4.69) is 5.32 Å². The molecule has 0 aliphatic rings. The first-order chi connectivity index (χ1) is 13.6. The summed E-state index contributed by atoms with van der Waals surface area (Å²) < 4.78 is 30.8. The lowest BCUT2D eigenvalue weighted by Gasteiger charge is -2.30. The summed E-state index contributed by atoms with van der Waals surface area (Å²) in [5.74, 6) is -1.05. The molecule has 29 heavy (non-hydrogen) atoms. The van der Waals surface area contributed by atoms with Crippen molar-refractivity contribution in [3.63, 3.8) is 0 Å². The van der Waals surface area contributed by atoms with Crippen LogP contribution in [-0.2, 0) is 19.6 Å². The zero-order chi connectivity index (χ0) is 21.8. The standard InChI is InChI=1S/C20H23ClN2O5S/c1-5-18(23(29(4,26)27)15-9-6-8-14(21)12-15)19(24)22-17-11-7-10-16(13(17)2)20(25)28-3/h6-12,18H,5H2,1-4H3,(H,22,24)/t18-/m0/s1. The average Bonchev–Trinajstić information content (AvgIpc) is 2.65. The summed E-state index contributed by atoms with van der Waals surface area (Å²) in [6, 6.07) is 10.1. The van der Waals surface area contributed by atoms with Crippen LogP contribution in [0.25, 0.3) is 0 Å². The normalized spacial score (nSPS) is 12.2. The van der Waals surface area contributed by atoms with Gasteiger partial charge in [0, 0.05) is 10.7 Å². The van der Waals surface area contributed by atoms with E-state index in [1.165, 1.54) is 13.2 Å². The Morgan fingerprint density at radius 3 is 2.41 bits per heavy atom. The molecule has 0 saturated heterocycles. The number of sulfonamides is 1. The number of halogens is 1. The second kappa shape index (κ2) is 9.28. The minimum absolute atomic E-state index is 0.223. The molecule has 1 atom stereocenters. The predicted octanol–water partition coefficient (Wildman–Crippen LogP) is 3.62. The fraction of sp³-hybridized carbons (Fsp3) is 0.300. The van der Waals surface area contributed by atoms with Gasteiger partial charge in [-0.05, 0) is 49.2 Å². The fourth-order valence-electron chi connectivity index (χ4n) is 2.99. The van der Waals surface area contributed by atoms with E-state index in [1.54, 1.807) is 50.2 Å². The Kier molecular flexibility index (Phi) is 7.26. The molecule has 2 rings (SSSR count). The van der Waals surface area contributed by atoms with Crippen LogP contribution in [0, 0.1) is 6.92 Å². The van der Waals surface area contributed by atoms with Crippen molar-refractivity contribution in [2.75, 3.05) is 23.0 Å². The number of nitrogens with one attached hydrogen (secondary N) is 1. The van der Waals surface area contributed by atoms with E-state index >= 15 is 0 Å². The number of amides is 1. The van der Waals surface area contributed by atoms with Crippen LogP contribution < -0.4 is 9.62 Å². The van der Waals surface area contributed by atoms with Gasteiger partial charge in [-0.1, -0.05) is 30.7 Å². The highest BCUT2D eigenvalue weighted by molar-refractivity contribution is 7.92. The summed E-state index contributed by atoms with van der Waals surface area (Å²) >= 11 is 6.01. The number of methoxy groups -OCH3 is 1. The van der Waals surface area contributed by atoms with Crippen molar-refractivity contribution < 1.29 is 22.7 Å². The smallest absolute Gasteiger partial charge is 0.338 e. The minimum atomic E-state index is -3.78. The number of nitrogens with zero attached hydrogens (tertiary/aromatic N) is 1. The summed E-state index contributed by atoms with van der Waals surface area (Å²) in [6.07, 6.45) is 1.26. The van der Waals surface area contributed by atoms with Gasteiger partial charge in [-0.3, -0.25) is 9.10 Å². The topological polar surface area (TPSA) is 92.8 Å². The molecule has 0 heterocycles. The van der Waals surface area contributed by atoms with Gasteiger partial charge in [-0.2, -0.15) is 0 Å². The van der Waals surface area contributed by atoms with Crippen LogP contribution in [0.4, 0.5) is 11.4 Å². The van der Waals surface area contributed by atoms with Crippen LogP contribution in [0.5, 0.6) is 0 Å². The van der Waals surface area contributed by atoms with Crippen molar-refractivity contribution in [1.82, 2.24) is 0 Å². The summed E-state index contributed by atoms with van der Waals surface area (Å²) in [4.78, 5) is 24.9. The lowest BCUT2D eigenvalue weighted by molar-refractivity contribution is -0.117. The Hall–Kier alpha value is -2.58. The first-order valence-electron chi connectivity index (χ1n) is 8.83. The van der Waals surface area contributed by atoms with Crippen LogP contribution in [0.2, 0.25) is 5.02 Å². The molecule has 0 aliphatic heterocycles. The van der Waals surface area contributed by atoms with Gasteiger partial charge >= 0.3 is 5.97 Å². The summed E-state index contributed by atoms with van der Waals surface area (Å²) in [5.41, 5.74) is 1.53. The van der Waals surface area contributed by atoms with Crippen LogP contribution in [0.15, 0.2) is 42.5 Å². The van der Waals surface area contributed by atoms with Gasteiger partial charge in [-0.15, -0.1) is 0 Å². The Bertz CT molecular complexity index is 1020. The molecule has 0 fully saturated rings. The molecule has 0 spiro atoms. The average molecular weight is 439 g/mol. The molecule has 2 aromatic rings. The highest BCUT2D eigenvalue weighted by atomic mass is 35.5. The molecule has 9 heteroatoms. The lowest BCUT2D eigenvalue weighted by Crippen LogP contribution is -2.47. The number of esters is 1. The van der Waals surface area contributed by atoms with Crippen LogP contribution in [0.1, 0.15) is 29.3 Å². The molecular weight excluding hydrogens is 416 g/mol. The molecule has 1 amide bonds. The van der Waals surface area contributed by atoms with Crippen molar-refractivity contribution in [2.24, 2.45) is 0 Å². The number of carbonyl (C=O) groups is 2. The zero-order valence-corrected chi connectivity index (χ0v) is 18.2. The number of hydrogen-bond acceptors (Lipinski definition) is 5. The molecule has 7 nitrogen and oxygen atoms in total. The number of ether oxygens (including phenoxy) is 1. The molecule has 2 aromatic carbocycles. The molecule has 0 bridgehead atoms. The van der Waals surface area contributed by atoms with Crippen LogP contribution in [0.3, 0.4) is 0 Å². The first kappa shape index (κ1) is 22.7. The molecule has 0 unspecified atom stereocenters. The van der Waals surface area contributed by atoms with Gasteiger partial charge in [0.25, 0.3) is 0 Å². The molecule has 0 aromatic heterocycles. The number of carbonyl (C=O) groups excluding carboxylic acids is 2. The third kappa shape index (κ3) is 5.27. The SMILES string of the molecule is CC[C@@H](C(=O)Nc1cccc(C(=O)OC)c1C)N(c1cccc(Cl)c1)S(C)(=O)=O. The second-order valence-electron chi connectivity index (χ2n) is 6.42. The third-order valence-electron chi connectivity index (χ3n) is 4.39. The third-order valence-corrected chi connectivity index (χ3v) is 5.80. The Morgan fingerprint density at radius 2 is 1.86 bits per heavy atom. The molecule has 156 valence electrons. The van der Waals surface area contributed by atoms with Crippen molar-refractivity contribution in [2.45, 2.75) is 26.3 Å². The predicted molar refractivity (Wildman–Crippen MR) is 114 cm³/mol. The van der Waals surface area contributed by atoms with Crippen molar-refractivity contribution >= 4 is 44.9 Å². The quantitative estimate of drug-likeness (QED) is 0.666. The summed E-state index contributed by atoms with van der Waals surface area (Å²) in [7, 11) is -2.51. The van der Waals surface area contributed by atoms with E-state index in [-0.39, 0.29) is 6.42 Å². The largest absolute Gasteiger partial charge is 0.465 e. The highest BCUT2D eigenvalue weighted by Crippen LogP contribution is 2.27. The maximum absolute atomic E-state index is 13.0. The van der Waals surface area contributed by atoms with Gasteiger partial charge in [-0.25, -0.2) is 13.2 Å². The fourth-order valence-corrected chi connectivity index (χ4v) is 4.38. The van der Waals surface area contributed by atoms with E-state index in [0.29, 0.717) is 27.5 Å². The van der Waals surface area contributed by atoms with E-state index in [9.17, 15) is 18.0 Å². The van der Waals surface area contributed by atoms with Crippen molar-refractivity contribution in [3.8, 4) is 0 Å². The Balaban J connectivity index is 2.42. The summed E-state index contributed by atoms with van der Waals surface area (Å²) in [6.45, 7) is 3.39. The minimum Gasteiger partial charge on any atom is -0.465 e. The number of anilines is 2. The van der Waals surface area contributed by atoms with Crippen LogP contribution in [-0.4, -0.2) is 39.7 Å². The molecule has 0 saturated carbocycles. The van der Waals surface area contributed by atoms with E-state index in [0.717, 1.165) is 10.6 Å². The van der Waals surface area contributed by atoms with Gasteiger partial charge in [0.05, 0.1) is 24.6 Å². The number of rotatable bonds is 7. The lowest BCUT2D eigenvalue weighted by atomic mass is 10.1.